The molecule has 4 aromatic heterocycles. The van der Waals surface area contributed by atoms with Gasteiger partial charge in [0.05, 0.1) is 33.4 Å². The zero-order valence-corrected chi connectivity index (χ0v) is 32.6. The van der Waals surface area contributed by atoms with Crippen LogP contribution in [0.3, 0.4) is 0 Å². The summed E-state index contributed by atoms with van der Waals surface area (Å²) in [7, 11) is 0. The van der Waals surface area contributed by atoms with Gasteiger partial charge in [0.25, 0.3) is 0 Å². The predicted molar refractivity (Wildman–Crippen MR) is 248 cm³/mol. The minimum Gasteiger partial charge on any atom is -0.308 e. The third-order valence-electron chi connectivity index (χ3n) is 13.0. The molecule has 0 radical (unpaired) electrons. The number of allylic oxidation sites excluding steroid dienone is 1. The zero-order chi connectivity index (χ0) is 38.3. The van der Waals surface area contributed by atoms with E-state index in [1.807, 2.05) is 0 Å². The topological polar surface area (TPSA) is 35.6 Å². The van der Waals surface area contributed by atoms with Crippen molar-refractivity contribution < 1.29 is 0 Å². The molecule has 5 heterocycles. The van der Waals surface area contributed by atoms with E-state index in [1.54, 1.807) is 11.3 Å². The highest BCUT2D eigenvalue weighted by atomic mass is 32.1. The Morgan fingerprint density at radius 3 is 2.02 bits per heavy atom. The van der Waals surface area contributed by atoms with Crippen LogP contribution in [0, 0.1) is 0 Å². The van der Waals surface area contributed by atoms with Gasteiger partial charge in [-0.05, 0) is 82.3 Å². The van der Waals surface area contributed by atoms with Crippen molar-refractivity contribution in [2.24, 2.45) is 0 Å². The largest absolute Gasteiger partial charge is 0.308 e. The number of rotatable bonds is 2. The van der Waals surface area contributed by atoms with Gasteiger partial charge in [-0.1, -0.05) is 133 Å². The van der Waals surface area contributed by atoms with E-state index in [0.717, 1.165) is 45.3 Å². The summed E-state index contributed by atoms with van der Waals surface area (Å²) < 4.78 is 6.04. The third-order valence-corrected chi connectivity index (χ3v) is 14.0. The molecule has 0 spiro atoms. The van der Waals surface area contributed by atoms with Crippen LogP contribution in [-0.4, -0.2) is 19.1 Å². The molecule has 12 aromatic rings. The van der Waals surface area contributed by atoms with Crippen LogP contribution in [0.15, 0.2) is 164 Å². The van der Waals surface area contributed by atoms with Gasteiger partial charge in [-0.3, -0.25) is 4.57 Å². The molecule has 0 atom stereocenters. The molecule has 0 fully saturated rings. The van der Waals surface area contributed by atoms with Gasteiger partial charge in [-0.15, -0.1) is 11.3 Å². The van der Waals surface area contributed by atoms with E-state index in [2.05, 4.69) is 179 Å². The molecule has 0 unspecified atom stereocenters. The van der Waals surface area contributed by atoms with Crippen LogP contribution in [0.25, 0.3) is 126 Å². The summed E-state index contributed by atoms with van der Waals surface area (Å²) in [6, 6.07) is 58.1. The number of benzene rings is 8. The van der Waals surface area contributed by atoms with Crippen LogP contribution >= 0.6 is 11.3 Å². The first kappa shape index (κ1) is 31.7. The van der Waals surface area contributed by atoms with Crippen molar-refractivity contribution in [3.05, 3.63) is 175 Å². The van der Waals surface area contributed by atoms with Crippen molar-refractivity contribution in [3.63, 3.8) is 0 Å². The lowest BCUT2D eigenvalue weighted by atomic mass is 9.87. The van der Waals surface area contributed by atoms with Crippen molar-refractivity contribution in [2.75, 3.05) is 0 Å². The number of nitrogens with zero attached hydrogens (tertiary/aromatic N) is 4. The minimum atomic E-state index is 0.687. The number of thiophene rings is 1. The van der Waals surface area contributed by atoms with Gasteiger partial charge >= 0.3 is 0 Å². The summed E-state index contributed by atoms with van der Waals surface area (Å²) in [5.74, 6) is 0.687. The van der Waals surface area contributed by atoms with Crippen LogP contribution in [0.1, 0.15) is 17.5 Å². The molecule has 0 saturated carbocycles. The van der Waals surface area contributed by atoms with Gasteiger partial charge in [0, 0.05) is 53.7 Å². The molecule has 4 nitrogen and oxygen atoms in total. The highest BCUT2D eigenvalue weighted by Crippen LogP contribution is 2.49. The summed E-state index contributed by atoms with van der Waals surface area (Å²) in [5, 5.41) is 9.66. The van der Waals surface area contributed by atoms with Crippen molar-refractivity contribution >= 4 is 92.1 Å². The van der Waals surface area contributed by atoms with E-state index in [-0.39, 0.29) is 0 Å². The number of para-hydroxylation sites is 3. The first-order valence-electron chi connectivity index (χ1n) is 20.4. The number of fused-ring (bicyclic) bond motifs is 17. The Balaban J connectivity index is 1.12. The molecule has 1 aliphatic heterocycles. The second kappa shape index (κ2) is 11.6. The van der Waals surface area contributed by atoms with E-state index in [0.29, 0.717) is 5.95 Å². The lowest BCUT2D eigenvalue weighted by molar-refractivity contribution is 0.996. The highest BCUT2D eigenvalue weighted by Gasteiger charge is 2.27. The Morgan fingerprint density at radius 1 is 0.475 bits per heavy atom. The van der Waals surface area contributed by atoms with E-state index in [4.69, 9.17) is 9.97 Å². The molecule has 0 bridgehead atoms. The second-order valence-electron chi connectivity index (χ2n) is 16.0. The van der Waals surface area contributed by atoms with E-state index in [1.165, 1.54) is 92.5 Å². The van der Waals surface area contributed by atoms with E-state index >= 15 is 0 Å². The minimum absolute atomic E-state index is 0.687. The first-order chi connectivity index (χ1) is 29.3. The quantitative estimate of drug-likeness (QED) is 0.176. The number of aromatic nitrogens is 4. The zero-order valence-electron chi connectivity index (χ0n) is 31.8. The smallest absolute Gasteiger partial charge is 0.236 e. The fourth-order valence-corrected chi connectivity index (χ4v) is 11.6. The third kappa shape index (κ3) is 4.22. The fourth-order valence-electron chi connectivity index (χ4n) is 10.5. The van der Waals surface area contributed by atoms with Gasteiger partial charge < -0.3 is 4.57 Å². The van der Waals surface area contributed by atoms with Gasteiger partial charge in [-0.25, -0.2) is 9.97 Å². The first-order valence-corrected chi connectivity index (χ1v) is 21.2. The van der Waals surface area contributed by atoms with Crippen LogP contribution in [0.5, 0.6) is 0 Å². The van der Waals surface area contributed by atoms with Gasteiger partial charge in [-0.2, -0.15) is 0 Å². The maximum absolute atomic E-state index is 5.72. The summed E-state index contributed by atoms with van der Waals surface area (Å²) in [6.07, 6.45) is 6.72. The molecular formula is C54H32N4S. The molecule has 0 N–H and O–H groups in total. The van der Waals surface area contributed by atoms with Gasteiger partial charge in [0.2, 0.25) is 5.95 Å². The lowest BCUT2D eigenvalue weighted by Gasteiger charge is -2.18. The Kier molecular flexibility index (Phi) is 6.25. The Hall–Kier alpha value is -7.34. The van der Waals surface area contributed by atoms with Gasteiger partial charge in [0.1, 0.15) is 4.83 Å². The van der Waals surface area contributed by atoms with Crippen molar-refractivity contribution in [2.45, 2.75) is 12.8 Å². The van der Waals surface area contributed by atoms with E-state index in [9.17, 15) is 0 Å². The van der Waals surface area contributed by atoms with Crippen molar-refractivity contribution in [3.8, 4) is 45.1 Å². The number of hydrogen-bond acceptors (Lipinski definition) is 3. The molecular weight excluding hydrogens is 737 g/mol. The molecule has 1 aliphatic carbocycles. The molecule has 14 rings (SSSR count). The number of aryl methyl sites for hydroxylation is 1. The van der Waals surface area contributed by atoms with Gasteiger partial charge in [0.15, 0.2) is 0 Å². The van der Waals surface area contributed by atoms with E-state index < -0.39 is 0 Å². The summed E-state index contributed by atoms with van der Waals surface area (Å²) in [6.45, 7) is 0. The van der Waals surface area contributed by atoms with Crippen LogP contribution in [-0.2, 0) is 6.42 Å². The highest BCUT2D eigenvalue weighted by molar-refractivity contribution is 7.25. The average molecular weight is 769 g/mol. The molecule has 0 amide bonds. The van der Waals surface area contributed by atoms with Crippen LogP contribution < -0.4 is 0 Å². The fraction of sp³-hybridized carbons (Fsp3) is 0.0370. The molecule has 274 valence electrons. The lowest BCUT2D eigenvalue weighted by Crippen LogP contribution is -2.04. The maximum atomic E-state index is 5.72. The molecule has 59 heavy (non-hydrogen) atoms. The monoisotopic (exact) mass is 768 g/mol. The Morgan fingerprint density at radius 2 is 1.14 bits per heavy atom. The maximum Gasteiger partial charge on any atom is 0.236 e. The summed E-state index contributed by atoms with van der Waals surface area (Å²) in [5.41, 5.74) is 15.7. The summed E-state index contributed by atoms with van der Waals surface area (Å²) in [4.78, 5) is 12.2. The predicted octanol–water partition coefficient (Wildman–Crippen LogP) is 14.5. The molecule has 0 saturated heterocycles. The summed E-state index contributed by atoms with van der Waals surface area (Å²) >= 11 is 1.75. The molecule has 5 heteroatoms. The molecule has 2 aliphatic rings. The normalized spacial score (nSPS) is 13.2. The Bertz CT molecular complexity index is 3860. The Labute approximate surface area is 342 Å². The molecule has 8 aromatic carbocycles. The standard InChI is InChI=1S/C54H32N4S/c1-2-15-32-31(14-1)28-44(36-19-6-3-16-33(32)36)51-50-41-22-9-12-27-49(41)59-53(50)56-54(55-51)58-46-26-11-8-21-38(46)42-29-47-43(30-48(42)58)40-24-13-23-39-35-18-5-4-17-34(35)37-20-7-10-25-45(37)57(47)52(39)40/h1,3-14,16-30H,2,15H2. The van der Waals surface area contributed by atoms with Crippen LogP contribution in [0.2, 0.25) is 0 Å². The SMILES string of the molecule is C1=Cc2cc(-c3nc(-n4c5ccccc5c5cc6c(cc54)c4cccc5c4n6-c4ccccc4-c4ccccc4-5)nc4sc5ccccc5c34)c3ccccc3c2CC1. The van der Waals surface area contributed by atoms with Crippen molar-refractivity contribution in [1.82, 2.24) is 19.1 Å². The van der Waals surface area contributed by atoms with Crippen molar-refractivity contribution in [1.29, 1.82) is 0 Å². The average Bonchev–Trinajstić information content (AvgIpc) is 3.92. The second-order valence-corrected chi connectivity index (χ2v) is 17.0. The van der Waals surface area contributed by atoms with Crippen LogP contribution in [0.4, 0.5) is 0 Å². The number of hydrogen-bond donors (Lipinski definition) is 0.